The minimum Gasteiger partial charge on any atom is -0.320 e. The van der Waals surface area contributed by atoms with Gasteiger partial charge in [-0.15, -0.1) is 11.8 Å². The third-order valence-corrected chi connectivity index (χ3v) is 5.01. The van der Waals surface area contributed by atoms with E-state index in [1.165, 1.54) is 5.56 Å². The lowest BCUT2D eigenvalue weighted by Crippen LogP contribution is -2.39. The number of H-pyrrole nitrogens is 1. The van der Waals surface area contributed by atoms with Crippen LogP contribution in [0.15, 0.2) is 41.6 Å². The molecule has 3 aromatic rings. The topological polar surface area (TPSA) is 73.9 Å². The number of nitrogens with zero attached hydrogens (tertiary/aromatic N) is 3. The number of carbonyl (C=O) groups is 1. The molecule has 0 saturated carbocycles. The summed E-state index contributed by atoms with van der Waals surface area (Å²) in [5.74, 6) is 0. The van der Waals surface area contributed by atoms with E-state index < -0.39 is 0 Å². The van der Waals surface area contributed by atoms with Crippen molar-refractivity contribution in [3.05, 3.63) is 47.8 Å². The molecule has 2 aromatic heterocycles. The van der Waals surface area contributed by atoms with E-state index >= 15 is 0 Å². The fourth-order valence-corrected chi connectivity index (χ4v) is 3.49. The molecule has 1 aromatic carbocycles. The first-order valence-corrected chi connectivity index (χ1v) is 8.97. The standard InChI is InChI=1S/C17H17N5OS/c1-24-13-4-2-3-12(7-13)20-17(23)22-6-5-14-11(10-22)8-18-16-15(14)9-19-21-16/h2-4,7-9H,5-6,10H2,1H3,(H,20,23)(H,18,19,21). The van der Waals surface area contributed by atoms with Gasteiger partial charge in [0.15, 0.2) is 5.65 Å². The summed E-state index contributed by atoms with van der Waals surface area (Å²) in [6, 6.07) is 7.79. The van der Waals surface area contributed by atoms with Crippen molar-refractivity contribution in [3.63, 3.8) is 0 Å². The molecule has 0 aliphatic carbocycles. The van der Waals surface area contributed by atoms with Gasteiger partial charge >= 0.3 is 6.03 Å². The summed E-state index contributed by atoms with van der Waals surface area (Å²) in [7, 11) is 0. The second kappa shape index (κ2) is 6.16. The van der Waals surface area contributed by atoms with Gasteiger partial charge in [0.05, 0.1) is 6.20 Å². The van der Waals surface area contributed by atoms with E-state index in [0.717, 1.165) is 33.6 Å². The number of hydrogen-bond acceptors (Lipinski definition) is 4. The van der Waals surface area contributed by atoms with Crippen molar-refractivity contribution in [2.75, 3.05) is 18.1 Å². The van der Waals surface area contributed by atoms with E-state index in [-0.39, 0.29) is 6.03 Å². The molecule has 0 saturated heterocycles. The highest BCUT2D eigenvalue weighted by Gasteiger charge is 2.23. The summed E-state index contributed by atoms with van der Waals surface area (Å²) in [5, 5.41) is 11.0. The van der Waals surface area contributed by atoms with Gasteiger partial charge in [-0.3, -0.25) is 5.10 Å². The lowest BCUT2D eigenvalue weighted by atomic mass is 9.99. The van der Waals surface area contributed by atoms with Crippen LogP contribution in [0.3, 0.4) is 0 Å². The number of fused-ring (bicyclic) bond motifs is 3. The quantitative estimate of drug-likeness (QED) is 0.703. The molecule has 0 atom stereocenters. The summed E-state index contributed by atoms with van der Waals surface area (Å²) in [6.45, 7) is 1.25. The summed E-state index contributed by atoms with van der Waals surface area (Å²) in [4.78, 5) is 19.9. The van der Waals surface area contributed by atoms with E-state index in [9.17, 15) is 4.79 Å². The predicted molar refractivity (Wildman–Crippen MR) is 95.2 cm³/mol. The van der Waals surface area contributed by atoms with E-state index in [0.29, 0.717) is 13.1 Å². The zero-order chi connectivity index (χ0) is 16.5. The van der Waals surface area contributed by atoms with E-state index in [2.05, 4.69) is 20.5 Å². The Hall–Kier alpha value is -2.54. The van der Waals surface area contributed by atoms with Crippen molar-refractivity contribution in [1.29, 1.82) is 0 Å². The van der Waals surface area contributed by atoms with Crippen molar-refractivity contribution in [3.8, 4) is 0 Å². The SMILES string of the molecule is CSc1cccc(NC(=O)N2CCc3c(cnc4[nH]ncc34)C2)c1. The van der Waals surface area contributed by atoms with Crippen LogP contribution in [0, 0.1) is 0 Å². The molecule has 6 nitrogen and oxygen atoms in total. The number of rotatable bonds is 2. The lowest BCUT2D eigenvalue weighted by molar-refractivity contribution is 0.206. The first-order chi connectivity index (χ1) is 11.7. The second-order valence-corrected chi connectivity index (χ2v) is 6.61. The lowest BCUT2D eigenvalue weighted by Gasteiger charge is -2.29. The zero-order valence-electron chi connectivity index (χ0n) is 13.2. The summed E-state index contributed by atoms with van der Waals surface area (Å²) < 4.78 is 0. The number of nitrogens with one attached hydrogen (secondary N) is 2. The highest BCUT2D eigenvalue weighted by atomic mass is 32.2. The molecular formula is C17H17N5OS. The van der Waals surface area contributed by atoms with Gasteiger partial charge < -0.3 is 10.2 Å². The third-order valence-electron chi connectivity index (χ3n) is 4.28. The molecule has 0 spiro atoms. The minimum absolute atomic E-state index is 0.0776. The van der Waals surface area contributed by atoms with Crippen molar-refractivity contribution in [2.45, 2.75) is 17.9 Å². The largest absolute Gasteiger partial charge is 0.322 e. The number of anilines is 1. The summed E-state index contributed by atoms with van der Waals surface area (Å²) in [5.41, 5.74) is 3.95. The number of aromatic amines is 1. The monoisotopic (exact) mass is 339 g/mol. The maximum atomic E-state index is 12.6. The molecule has 3 heterocycles. The Bertz CT molecular complexity index is 907. The van der Waals surface area contributed by atoms with Crippen LogP contribution in [0.25, 0.3) is 11.0 Å². The number of aromatic nitrogens is 3. The molecule has 2 amide bonds. The Morgan fingerprint density at radius 3 is 3.17 bits per heavy atom. The number of thioether (sulfide) groups is 1. The van der Waals surface area contributed by atoms with Gasteiger partial charge in [0, 0.05) is 35.3 Å². The molecule has 122 valence electrons. The van der Waals surface area contributed by atoms with Crippen LogP contribution in [0.4, 0.5) is 10.5 Å². The Morgan fingerprint density at radius 1 is 1.38 bits per heavy atom. The van der Waals surface area contributed by atoms with E-state index in [1.54, 1.807) is 11.8 Å². The molecule has 0 unspecified atom stereocenters. The van der Waals surface area contributed by atoms with Crippen molar-refractivity contribution in [1.82, 2.24) is 20.1 Å². The average Bonchev–Trinajstić information content (AvgIpc) is 3.10. The number of carbonyl (C=O) groups excluding carboxylic acids is 1. The molecule has 24 heavy (non-hydrogen) atoms. The van der Waals surface area contributed by atoms with E-state index in [1.807, 2.05) is 47.8 Å². The van der Waals surface area contributed by atoms with Gasteiger partial charge in [0.2, 0.25) is 0 Å². The molecule has 0 fully saturated rings. The second-order valence-electron chi connectivity index (χ2n) is 5.73. The zero-order valence-corrected chi connectivity index (χ0v) is 14.1. The van der Waals surface area contributed by atoms with Gasteiger partial charge in [-0.2, -0.15) is 5.10 Å². The van der Waals surface area contributed by atoms with Gasteiger partial charge in [0.25, 0.3) is 0 Å². The van der Waals surface area contributed by atoms with Crippen LogP contribution in [0.1, 0.15) is 11.1 Å². The summed E-state index contributed by atoms with van der Waals surface area (Å²) >= 11 is 1.66. The highest BCUT2D eigenvalue weighted by molar-refractivity contribution is 7.98. The maximum absolute atomic E-state index is 12.6. The molecular weight excluding hydrogens is 322 g/mol. The Morgan fingerprint density at radius 2 is 2.29 bits per heavy atom. The van der Waals surface area contributed by atoms with Crippen molar-refractivity contribution in [2.24, 2.45) is 0 Å². The van der Waals surface area contributed by atoms with Crippen molar-refractivity contribution >= 4 is 34.5 Å². The first kappa shape index (κ1) is 15.0. The molecule has 0 bridgehead atoms. The fraction of sp³-hybridized carbons (Fsp3) is 0.235. The molecule has 4 rings (SSSR count). The van der Waals surface area contributed by atoms with Crippen LogP contribution in [-0.4, -0.2) is 38.9 Å². The Balaban J connectivity index is 1.52. The number of hydrogen-bond donors (Lipinski definition) is 2. The first-order valence-electron chi connectivity index (χ1n) is 7.74. The van der Waals surface area contributed by atoms with Crippen molar-refractivity contribution < 1.29 is 4.79 Å². The third kappa shape index (κ3) is 2.71. The van der Waals surface area contributed by atoms with Crippen LogP contribution in [-0.2, 0) is 13.0 Å². The number of amides is 2. The van der Waals surface area contributed by atoms with Crippen LogP contribution in [0.2, 0.25) is 0 Å². The van der Waals surface area contributed by atoms with E-state index in [4.69, 9.17) is 0 Å². The maximum Gasteiger partial charge on any atom is 0.322 e. The Kier molecular flexibility index (Phi) is 3.86. The van der Waals surface area contributed by atoms with Gasteiger partial charge in [-0.1, -0.05) is 6.07 Å². The molecule has 7 heteroatoms. The number of urea groups is 1. The van der Waals surface area contributed by atoms with Gasteiger partial charge in [-0.25, -0.2) is 9.78 Å². The van der Waals surface area contributed by atoms with Crippen LogP contribution < -0.4 is 5.32 Å². The molecule has 0 radical (unpaired) electrons. The fourth-order valence-electron chi connectivity index (χ4n) is 3.03. The minimum atomic E-state index is -0.0776. The van der Waals surface area contributed by atoms with Crippen LogP contribution in [0.5, 0.6) is 0 Å². The normalized spacial score (nSPS) is 13.8. The molecule has 2 N–H and O–H groups in total. The molecule has 1 aliphatic rings. The van der Waals surface area contributed by atoms with Gasteiger partial charge in [-0.05, 0) is 42.0 Å². The number of pyridine rings is 1. The van der Waals surface area contributed by atoms with Crippen LogP contribution >= 0.6 is 11.8 Å². The summed E-state index contributed by atoms with van der Waals surface area (Å²) in [6.07, 6.45) is 6.48. The number of benzene rings is 1. The Labute approximate surface area is 143 Å². The highest BCUT2D eigenvalue weighted by Crippen LogP contribution is 2.25. The van der Waals surface area contributed by atoms with Gasteiger partial charge in [0.1, 0.15) is 0 Å². The average molecular weight is 339 g/mol. The molecule has 1 aliphatic heterocycles. The predicted octanol–water partition coefficient (Wildman–Crippen LogP) is 3.27. The smallest absolute Gasteiger partial charge is 0.320 e.